The number of nitrogens with zero attached hydrogens (tertiary/aromatic N) is 3. The van der Waals surface area contributed by atoms with Gasteiger partial charge in [0.15, 0.2) is 5.78 Å². The number of anilines is 1. The zero-order valence-corrected chi connectivity index (χ0v) is 21.7. The molecule has 0 saturated carbocycles. The van der Waals surface area contributed by atoms with E-state index in [0.29, 0.717) is 24.9 Å². The Hall–Kier alpha value is -3.88. The molecule has 2 aliphatic heterocycles. The summed E-state index contributed by atoms with van der Waals surface area (Å²) >= 11 is 0. The molecule has 0 bridgehead atoms. The van der Waals surface area contributed by atoms with Crippen molar-refractivity contribution in [2.75, 3.05) is 32.1 Å². The van der Waals surface area contributed by atoms with Crippen LogP contribution >= 0.6 is 0 Å². The van der Waals surface area contributed by atoms with E-state index < -0.39 is 24.0 Å². The molecule has 1 unspecified atom stereocenters. The molecule has 2 fully saturated rings. The molecule has 9 nitrogen and oxygen atoms in total. The first-order chi connectivity index (χ1) is 17.6. The molecular formula is C28H34N4O5. The molecule has 2 N–H and O–H groups in total. The zero-order valence-electron chi connectivity index (χ0n) is 21.7. The molecule has 2 aromatic rings. The van der Waals surface area contributed by atoms with Gasteiger partial charge in [-0.3, -0.25) is 19.2 Å². The maximum absolute atomic E-state index is 13.7. The van der Waals surface area contributed by atoms with Crippen molar-refractivity contribution in [2.45, 2.75) is 44.8 Å². The van der Waals surface area contributed by atoms with Gasteiger partial charge in [0, 0.05) is 31.9 Å². The Morgan fingerprint density at radius 2 is 1.73 bits per heavy atom. The second kappa shape index (κ2) is 10.6. The lowest BCUT2D eigenvalue weighted by atomic mass is 10.0. The van der Waals surface area contributed by atoms with Crippen LogP contribution in [0.25, 0.3) is 0 Å². The fourth-order valence-corrected chi connectivity index (χ4v) is 5.19. The standard InChI is InChI=1S/C28H34N4O5/c1-17(2)15-21(29-26(35)18-9-11-19(12-10-18)30(3)4)28(37)31-14-13-22-25(31)24(34)16-32(22)27(36)20-7-5-6-8-23(20)33/h5-12,17,21-22,25,33H,13-16H2,1-4H3,(H,29,35)/t21-,22?,25-/m0/s1. The van der Waals surface area contributed by atoms with Crippen LogP contribution in [0.2, 0.25) is 0 Å². The van der Waals surface area contributed by atoms with Crippen molar-refractivity contribution in [2.24, 2.45) is 5.92 Å². The van der Waals surface area contributed by atoms with Gasteiger partial charge in [-0.25, -0.2) is 0 Å². The maximum Gasteiger partial charge on any atom is 0.258 e. The van der Waals surface area contributed by atoms with Crippen molar-refractivity contribution < 1.29 is 24.3 Å². The first-order valence-corrected chi connectivity index (χ1v) is 12.6. The van der Waals surface area contributed by atoms with E-state index in [-0.39, 0.29) is 41.4 Å². The molecule has 4 rings (SSSR count). The Bertz CT molecular complexity index is 1190. The highest BCUT2D eigenvalue weighted by Gasteiger charge is 2.52. The van der Waals surface area contributed by atoms with Gasteiger partial charge >= 0.3 is 0 Å². The third kappa shape index (κ3) is 5.30. The monoisotopic (exact) mass is 506 g/mol. The van der Waals surface area contributed by atoms with Crippen molar-refractivity contribution in [3.05, 3.63) is 59.7 Å². The van der Waals surface area contributed by atoms with E-state index in [1.165, 1.54) is 21.9 Å². The quantitative estimate of drug-likeness (QED) is 0.596. The number of aromatic hydroxyl groups is 1. The lowest BCUT2D eigenvalue weighted by Crippen LogP contribution is -2.53. The molecule has 37 heavy (non-hydrogen) atoms. The normalized spacial score (nSPS) is 19.6. The van der Waals surface area contributed by atoms with Gasteiger partial charge in [-0.05, 0) is 55.2 Å². The number of para-hydroxylation sites is 1. The van der Waals surface area contributed by atoms with Crippen LogP contribution in [0, 0.1) is 5.92 Å². The average molecular weight is 507 g/mol. The molecule has 0 aromatic heterocycles. The molecule has 3 atom stereocenters. The minimum Gasteiger partial charge on any atom is -0.507 e. The molecular weight excluding hydrogens is 472 g/mol. The van der Waals surface area contributed by atoms with Crippen LogP contribution in [0.5, 0.6) is 5.75 Å². The predicted molar refractivity (Wildman–Crippen MR) is 140 cm³/mol. The van der Waals surface area contributed by atoms with Crippen molar-refractivity contribution in [3.8, 4) is 5.75 Å². The van der Waals surface area contributed by atoms with Gasteiger partial charge in [0.05, 0.1) is 18.2 Å². The molecule has 0 radical (unpaired) electrons. The number of Topliss-reactive ketones (excluding diaryl/α,β-unsaturated/α-hetero) is 1. The van der Waals surface area contributed by atoms with Crippen LogP contribution in [0.15, 0.2) is 48.5 Å². The summed E-state index contributed by atoms with van der Waals surface area (Å²) in [6, 6.07) is 11.3. The maximum atomic E-state index is 13.7. The van der Waals surface area contributed by atoms with Gasteiger partial charge < -0.3 is 25.1 Å². The third-order valence-electron chi connectivity index (χ3n) is 7.06. The summed E-state index contributed by atoms with van der Waals surface area (Å²) in [6.45, 7) is 4.13. The Morgan fingerprint density at radius 3 is 2.35 bits per heavy atom. The number of benzene rings is 2. The smallest absolute Gasteiger partial charge is 0.258 e. The van der Waals surface area contributed by atoms with Crippen LogP contribution in [-0.4, -0.2) is 83.7 Å². The van der Waals surface area contributed by atoms with Gasteiger partial charge in [0.25, 0.3) is 11.8 Å². The van der Waals surface area contributed by atoms with Crippen LogP contribution in [-0.2, 0) is 9.59 Å². The molecule has 196 valence electrons. The summed E-state index contributed by atoms with van der Waals surface area (Å²) < 4.78 is 0. The van der Waals surface area contributed by atoms with Crippen LogP contribution in [0.4, 0.5) is 5.69 Å². The average Bonchev–Trinajstić information content (AvgIpc) is 3.44. The fraction of sp³-hybridized carbons (Fsp3) is 0.429. The van der Waals surface area contributed by atoms with Gasteiger partial charge in [0.2, 0.25) is 5.91 Å². The number of ketones is 1. The number of hydrogen-bond donors (Lipinski definition) is 2. The first-order valence-electron chi connectivity index (χ1n) is 12.6. The second-order valence-electron chi connectivity index (χ2n) is 10.3. The number of amides is 3. The Labute approximate surface area is 217 Å². The predicted octanol–water partition coefficient (Wildman–Crippen LogP) is 2.30. The zero-order chi connectivity index (χ0) is 26.9. The van der Waals surface area contributed by atoms with E-state index in [0.717, 1.165) is 5.69 Å². The van der Waals surface area contributed by atoms with Crippen LogP contribution in [0.1, 0.15) is 47.4 Å². The number of phenolic OH excluding ortho intramolecular Hbond substituents is 1. The van der Waals surface area contributed by atoms with E-state index in [2.05, 4.69) is 5.32 Å². The van der Waals surface area contributed by atoms with Crippen molar-refractivity contribution in [1.29, 1.82) is 0 Å². The van der Waals surface area contributed by atoms with Crippen LogP contribution < -0.4 is 10.2 Å². The fourth-order valence-electron chi connectivity index (χ4n) is 5.19. The van der Waals surface area contributed by atoms with E-state index in [4.69, 9.17) is 0 Å². The van der Waals surface area contributed by atoms with E-state index in [9.17, 15) is 24.3 Å². The number of nitrogens with one attached hydrogen (secondary N) is 1. The minimum atomic E-state index is -0.796. The van der Waals surface area contributed by atoms with Crippen LogP contribution in [0.3, 0.4) is 0 Å². The highest BCUT2D eigenvalue weighted by atomic mass is 16.3. The number of likely N-dealkylation sites (tertiary alicyclic amines) is 2. The molecule has 0 spiro atoms. The van der Waals surface area contributed by atoms with E-state index in [1.54, 1.807) is 24.3 Å². The van der Waals surface area contributed by atoms with Gasteiger partial charge in [-0.2, -0.15) is 0 Å². The molecule has 0 aliphatic carbocycles. The summed E-state index contributed by atoms with van der Waals surface area (Å²) in [7, 11) is 3.83. The van der Waals surface area contributed by atoms with Crippen molar-refractivity contribution in [1.82, 2.24) is 15.1 Å². The minimum absolute atomic E-state index is 0.119. The van der Waals surface area contributed by atoms with Gasteiger partial charge in [-0.15, -0.1) is 0 Å². The van der Waals surface area contributed by atoms with Crippen molar-refractivity contribution in [3.63, 3.8) is 0 Å². The Kier molecular flexibility index (Phi) is 7.52. The lowest BCUT2D eigenvalue weighted by Gasteiger charge is -2.29. The number of fused-ring (bicyclic) bond motifs is 1. The number of carbonyl (C=O) groups is 4. The van der Waals surface area contributed by atoms with Crippen molar-refractivity contribution >= 4 is 29.2 Å². The Morgan fingerprint density at radius 1 is 1.05 bits per heavy atom. The third-order valence-corrected chi connectivity index (χ3v) is 7.06. The lowest BCUT2D eigenvalue weighted by molar-refractivity contribution is -0.138. The summed E-state index contributed by atoms with van der Waals surface area (Å²) in [5.74, 6) is -1.33. The van der Waals surface area contributed by atoms with Gasteiger partial charge in [-0.1, -0.05) is 26.0 Å². The summed E-state index contributed by atoms with van der Waals surface area (Å²) in [4.78, 5) is 57.8. The number of carbonyl (C=O) groups excluding carboxylic acids is 4. The Balaban J connectivity index is 1.51. The number of rotatable bonds is 7. The van der Waals surface area contributed by atoms with E-state index in [1.807, 2.05) is 45.0 Å². The SMILES string of the molecule is CC(C)C[C@H](NC(=O)c1ccc(N(C)C)cc1)C(=O)N1CCC2[C@H]1C(=O)CN2C(=O)c1ccccc1O. The molecule has 9 heteroatoms. The second-order valence-corrected chi connectivity index (χ2v) is 10.3. The van der Waals surface area contributed by atoms with Gasteiger partial charge in [0.1, 0.15) is 17.8 Å². The molecule has 3 amide bonds. The summed E-state index contributed by atoms with van der Waals surface area (Å²) in [6.07, 6.45) is 0.874. The number of phenols is 1. The molecule has 2 heterocycles. The molecule has 2 aromatic carbocycles. The van der Waals surface area contributed by atoms with E-state index >= 15 is 0 Å². The molecule has 2 saturated heterocycles. The summed E-state index contributed by atoms with van der Waals surface area (Å²) in [5, 5.41) is 13.0. The number of hydrogen-bond acceptors (Lipinski definition) is 6. The largest absolute Gasteiger partial charge is 0.507 e. The highest BCUT2D eigenvalue weighted by Crippen LogP contribution is 2.33. The topological polar surface area (TPSA) is 110 Å². The molecule has 2 aliphatic rings. The first kappa shape index (κ1) is 26.2. The highest BCUT2D eigenvalue weighted by molar-refractivity contribution is 6.04. The summed E-state index contributed by atoms with van der Waals surface area (Å²) in [5.41, 5.74) is 1.53.